The summed E-state index contributed by atoms with van der Waals surface area (Å²) in [6, 6.07) is 10.8. The topological polar surface area (TPSA) is 65.5 Å². The van der Waals surface area contributed by atoms with Gasteiger partial charge in [-0.2, -0.15) is 0 Å². The second-order valence-corrected chi connectivity index (χ2v) is 8.34. The molecule has 3 rings (SSSR count). The van der Waals surface area contributed by atoms with Gasteiger partial charge in [0.15, 0.2) is 0 Å². The number of amides is 2. The molecule has 0 unspecified atom stereocenters. The average Bonchev–Trinajstić information content (AvgIpc) is 2.67. The first-order valence-electron chi connectivity index (χ1n) is 9.31. The zero-order chi connectivity index (χ0) is 20.3. The van der Waals surface area contributed by atoms with Crippen LogP contribution < -0.4 is 10.2 Å². The number of benzene rings is 1. The quantitative estimate of drug-likeness (QED) is 0.853. The molecule has 0 radical (unpaired) electrons. The van der Waals surface area contributed by atoms with Crippen molar-refractivity contribution in [2.24, 2.45) is 5.41 Å². The second-order valence-electron chi connectivity index (χ2n) is 7.90. The van der Waals surface area contributed by atoms with E-state index in [1.165, 1.54) is 0 Å². The predicted octanol–water partition coefficient (Wildman–Crippen LogP) is 3.68. The minimum Gasteiger partial charge on any atom is -0.353 e. The molecule has 6 nitrogen and oxygen atoms in total. The van der Waals surface area contributed by atoms with Gasteiger partial charge in [-0.15, -0.1) is 0 Å². The normalized spacial score (nSPS) is 14.7. The van der Waals surface area contributed by atoms with Crippen molar-refractivity contribution in [2.75, 3.05) is 36.4 Å². The van der Waals surface area contributed by atoms with Gasteiger partial charge < -0.3 is 15.1 Å². The van der Waals surface area contributed by atoms with Crippen LogP contribution >= 0.6 is 11.6 Å². The van der Waals surface area contributed by atoms with Gasteiger partial charge in [0, 0.05) is 42.2 Å². The maximum absolute atomic E-state index is 12.6. The van der Waals surface area contributed by atoms with Gasteiger partial charge in [0.05, 0.1) is 11.9 Å². The Labute approximate surface area is 170 Å². The molecule has 1 aliphatic heterocycles. The van der Waals surface area contributed by atoms with Crippen LogP contribution in [0.15, 0.2) is 42.6 Å². The molecule has 0 saturated carbocycles. The van der Waals surface area contributed by atoms with E-state index < -0.39 is 5.41 Å². The highest BCUT2D eigenvalue weighted by molar-refractivity contribution is 6.30. The molecule has 2 amide bonds. The molecule has 0 aliphatic carbocycles. The van der Waals surface area contributed by atoms with Gasteiger partial charge in [0.1, 0.15) is 5.82 Å². The third-order valence-corrected chi connectivity index (χ3v) is 4.88. The number of nitrogens with one attached hydrogen (secondary N) is 1. The fraction of sp³-hybridized carbons (Fsp3) is 0.381. The number of carbonyl (C=O) groups excluding carboxylic acids is 2. The molecule has 1 N–H and O–H groups in total. The Balaban J connectivity index is 1.57. The van der Waals surface area contributed by atoms with Crippen LogP contribution in [0.4, 0.5) is 11.5 Å². The molecule has 1 aromatic carbocycles. The number of carbonyl (C=O) groups is 2. The maximum Gasteiger partial charge on any atom is 0.254 e. The lowest BCUT2D eigenvalue weighted by molar-refractivity contribution is -0.123. The van der Waals surface area contributed by atoms with E-state index in [0.29, 0.717) is 42.5 Å². The van der Waals surface area contributed by atoms with Gasteiger partial charge in [-0.1, -0.05) is 38.4 Å². The van der Waals surface area contributed by atoms with Gasteiger partial charge >= 0.3 is 0 Å². The highest BCUT2D eigenvalue weighted by Crippen LogP contribution is 2.20. The molecule has 0 spiro atoms. The summed E-state index contributed by atoms with van der Waals surface area (Å²) in [6.07, 6.45) is 1.67. The Bertz CT molecular complexity index is 853. The molecule has 1 aromatic heterocycles. The minimum atomic E-state index is -0.454. The largest absolute Gasteiger partial charge is 0.353 e. The van der Waals surface area contributed by atoms with E-state index in [-0.39, 0.29) is 11.8 Å². The second kappa shape index (κ2) is 8.19. The smallest absolute Gasteiger partial charge is 0.254 e. The zero-order valence-corrected chi connectivity index (χ0v) is 17.2. The number of pyridine rings is 1. The third-order valence-electron chi connectivity index (χ3n) is 4.65. The summed E-state index contributed by atoms with van der Waals surface area (Å²) >= 11 is 5.99. The molecule has 0 bridgehead atoms. The lowest BCUT2D eigenvalue weighted by atomic mass is 9.96. The van der Waals surface area contributed by atoms with Crippen LogP contribution in [0.5, 0.6) is 0 Å². The molecule has 28 heavy (non-hydrogen) atoms. The highest BCUT2D eigenvalue weighted by Gasteiger charge is 2.24. The van der Waals surface area contributed by atoms with Crippen LogP contribution in [-0.4, -0.2) is 47.9 Å². The minimum absolute atomic E-state index is 0.00431. The summed E-state index contributed by atoms with van der Waals surface area (Å²) in [5.74, 6) is 0.786. The van der Waals surface area contributed by atoms with Crippen LogP contribution in [0.3, 0.4) is 0 Å². The number of nitrogens with zero attached hydrogens (tertiary/aromatic N) is 3. The Morgan fingerprint density at radius 1 is 1.07 bits per heavy atom. The van der Waals surface area contributed by atoms with Crippen molar-refractivity contribution in [3.05, 3.63) is 53.2 Å². The predicted molar refractivity (Wildman–Crippen MR) is 112 cm³/mol. The van der Waals surface area contributed by atoms with E-state index in [4.69, 9.17) is 11.6 Å². The zero-order valence-electron chi connectivity index (χ0n) is 16.4. The number of aromatic nitrogens is 1. The standard InChI is InChI=1S/C21H25ClN4O2/c1-21(2,3)20(28)24-17-7-8-18(23-14-17)25-9-11-26(12-10-25)19(27)15-5-4-6-16(22)13-15/h4-8,13-14H,9-12H2,1-3H3,(H,24,28). The summed E-state index contributed by atoms with van der Waals surface area (Å²) in [4.78, 5) is 33.1. The van der Waals surface area contributed by atoms with Gasteiger partial charge in [0.25, 0.3) is 5.91 Å². The maximum atomic E-state index is 12.6. The Kier molecular flexibility index (Phi) is 5.89. The number of piperazine rings is 1. The highest BCUT2D eigenvalue weighted by atomic mass is 35.5. The first-order valence-corrected chi connectivity index (χ1v) is 9.69. The Morgan fingerprint density at radius 2 is 1.79 bits per heavy atom. The molecule has 0 atom stereocenters. The van der Waals surface area contributed by atoms with E-state index >= 15 is 0 Å². The molecule has 1 aliphatic rings. The molecule has 148 valence electrons. The van der Waals surface area contributed by atoms with E-state index in [1.807, 2.05) is 37.8 Å². The summed E-state index contributed by atoms with van der Waals surface area (Å²) < 4.78 is 0. The first kappa shape index (κ1) is 20.1. The van der Waals surface area contributed by atoms with Crippen LogP contribution in [0.1, 0.15) is 31.1 Å². The van der Waals surface area contributed by atoms with Crippen LogP contribution in [-0.2, 0) is 4.79 Å². The molecular formula is C21H25ClN4O2. The fourth-order valence-corrected chi connectivity index (χ4v) is 3.10. The van der Waals surface area contributed by atoms with Gasteiger partial charge in [-0.05, 0) is 30.3 Å². The van der Waals surface area contributed by atoms with E-state index in [0.717, 1.165) is 5.82 Å². The first-order chi connectivity index (χ1) is 13.2. The fourth-order valence-electron chi connectivity index (χ4n) is 2.91. The van der Waals surface area contributed by atoms with Crippen molar-refractivity contribution in [3.63, 3.8) is 0 Å². The summed E-state index contributed by atoms with van der Waals surface area (Å²) in [6.45, 7) is 8.25. The van der Waals surface area contributed by atoms with Gasteiger partial charge in [-0.3, -0.25) is 9.59 Å². The number of halogens is 1. The van der Waals surface area contributed by atoms with E-state index in [9.17, 15) is 9.59 Å². The number of hydrogen-bond donors (Lipinski definition) is 1. The SMILES string of the molecule is CC(C)(C)C(=O)Nc1ccc(N2CCN(C(=O)c3cccc(Cl)c3)CC2)nc1. The summed E-state index contributed by atoms with van der Waals surface area (Å²) in [7, 11) is 0. The number of hydrogen-bond acceptors (Lipinski definition) is 4. The van der Waals surface area contributed by atoms with E-state index in [2.05, 4.69) is 15.2 Å². The molecule has 1 fully saturated rings. The van der Waals surface area contributed by atoms with Crippen molar-refractivity contribution in [1.29, 1.82) is 0 Å². The monoisotopic (exact) mass is 400 g/mol. The third kappa shape index (κ3) is 4.81. The molecule has 2 aromatic rings. The van der Waals surface area contributed by atoms with Crippen molar-refractivity contribution in [1.82, 2.24) is 9.88 Å². The molecule has 7 heteroatoms. The lowest BCUT2D eigenvalue weighted by Gasteiger charge is -2.35. The van der Waals surface area contributed by atoms with Crippen LogP contribution in [0.2, 0.25) is 5.02 Å². The van der Waals surface area contributed by atoms with Crippen molar-refractivity contribution in [2.45, 2.75) is 20.8 Å². The van der Waals surface area contributed by atoms with E-state index in [1.54, 1.807) is 30.5 Å². The summed E-state index contributed by atoms with van der Waals surface area (Å²) in [5, 5.41) is 3.44. The number of rotatable bonds is 3. The van der Waals surface area contributed by atoms with Crippen LogP contribution in [0.25, 0.3) is 0 Å². The van der Waals surface area contributed by atoms with Gasteiger partial charge in [-0.25, -0.2) is 4.98 Å². The summed E-state index contributed by atoms with van der Waals surface area (Å²) in [5.41, 5.74) is 0.835. The Hall–Kier alpha value is -2.60. The Morgan fingerprint density at radius 3 is 2.36 bits per heavy atom. The van der Waals surface area contributed by atoms with Crippen molar-refractivity contribution < 1.29 is 9.59 Å². The van der Waals surface area contributed by atoms with Gasteiger partial charge in [0.2, 0.25) is 5.91 Å². The van der Waals surface area contributed by atoms with Crippen molar-refractivity contribution >= 4 is 34.9 Å². The van der Waals surface area contributed by atoms with Crippen molar-refractivity contribution in [3.8, 4) is 0 Å². The average molecular weight is 401 g/mol. The molecule has 2 heterocycles. The van der Waals surface area contributed by atoms with Crippen LogP contribution in [0, 0.1) is 5.41 Å². The lowest BCUT2D eigenvalue weighted by Crippen LogP contribution is -2.49. The molecule has 1 saturated heterocycles. The molecular weight excluding hydrogens is 376 g/mol. The number of anilines is 2.